The summed E-state index contributed by atoms with van der Waals surface area (Å²) in [6, 6.07) is 29.7. The second-order valence-corrected chi connectivity index (χ2v) is 9.18. The summed E-state index contributed by atoms with van der Waals surface area (Å²) in [5.74, 6) is 0.591. The van der Waals surface area contributed by atoms with Crippen LogP contribution in [0.5, 0.6) is 5.75 Å². The van der Waals surface area contributed by atoms with Crippen molar-refractivity contribution in [1.82, 2.24) is 4.90 Å². The molecule has 168 valence electrons. The van der Waals surface area contributed by atoms with Gasteiger partial charge in [0, 0.05) is 7.05 Å². The second kappa shape index (κ2) is 9.41. The molecule has 0 aromatic heterocycles. The molecule has 5 rings (SSSR count). The Balaban J connectivity index is 1.36. The number of para-hydroxylation sites is 1. The third-order valence-corrected chi connectivity index (χ3v) is 6.87. The normalized spacial score (nSPS) is 14.9. The van der Waals surface area contributed by atoms with Gasteiger partial charge in [-0.15, -0.1) is 0 Å². The lowest BCUT2D eigenvalue weighted by Gasteiger charge is -2.16. The van der Waals surface area contributed by atoms with Crippen molar-refractivity contribution in [3.8, 4) is 5.75 Å². The smallest absolute Gasteiger partial charge is 0.281 e. The van der Waals surface area contributed by atoms with Gasteiger partial charge in [-0.3, -0.25) is 9.69 Å². The minimum absolute atomic E-state index is 0.147. The van der Waals surface area contributed by atoms with E-state index < -0.39 is 0 Å². The van der Waals surface area contributed by atoms with E-state index in [9.17, 15) is 4.79 Å². The number of amides is 1. The number of hydrogen-bond donors (Lipinski definition) is 0. The molecule has 6 heteroatoms. The number of anilines is 1. The third-order valence-electron chi connectivity index (χ3n) is 5.80. The highest BCUT2D eigenvalue weighted by molar-refractivity contribution is 9.10. The molecule has 0 aliphatic carbocycles. The first-order chi connectivity index (χ1) is 16.5. The summed E-state index contributed by atoms with van der Waals surface area (Å²) in [5, 5.41) is 2.83. The topological polar surface area (TPSA) is 32.8 Å². The number of likely N-dealkylation sites (N-methyl/N-ethyl adjacent to an activating group) is 1. The van der Waals surface area contributed by atoms with E-state index in [0.29, 0.717) is 17.4 Å². The van der Waals surface area contributed by atoms with Crippen LogP contribution in [0, 0.1) is 0 Å². The van der Waals surface area contributed by atoms with Gasteiger partial charge >= 0.3 is 0 Å². The van der Waals surface area contributed by atoms with E-state index in [1.165, 1.54) is 10.8 Å². The SMILES string of the molecule is CN1C(=S)N(c2ccccc2)C(=O)/C1=C/c1ccc(OCc2cccc3ccccc23)c(Br)c1. The Morgan fingerprint density at radius 3 is 2.47 bits per heavy atom. The fourth-order valence-electron chi connectivity index (χ4n) is 4.02. The first kappa shape index (κ1) is 22.3. The molecule has 0 unspecified atom stereocenters. The number of halogens is 1. The lowest BCUT2D eigenvalue weighted by atomic mass is 10.1. The van der Waals surface area contributed by atoms with Gasteiger partial charge in [-0.05, 0) is 80.4 Å². The largest absolute Gasteiger partial charge is 0.488 e. The van der Waals surface area contributed by atoms with Crippen LogP contribution in [0.1, 0.15) is 11.1 Å². The molecule has 4 nitrogen and oxygen atoms in total. The van der Waals surface area contributed by atoms with Crippen molar-refractivity contribution in [1.29, 1.82) is 0 Å². The molecule has 0 spiro atoms. The molecular formula is C28H21BrN2O2S. The summed E-state index contributed by atoms with van der Waals surface area (Å²) in [7, 11) is 1.81. The summed E-state index contributed by atoms with van der Waals surface area (Å²) in [6.07, 6.45) is 1.84. The van der Waals surface area contributed by atoms with Crippen LogP contribution in [0.3, 0.4) is 0 Å². The van der Waals surface area contributed by atoms with Crippen LogP contribution in [0.25, 0.3) is 16.8 Å². The van der Waals surface area contributed by atoms with Gasteiger partial charge in [-0.1, -0.05) is 66.7 Å². The number of rotatable bonds is 5. The van der Waals surface area contributed by atoms with Gasteiger partial charge in [-0.25, -0.2) is 0 Å². The van der Waals surface area contributed by atoms with Gasteiger partial charge in [0.15, 0.2) is 5.11 Å². The Morgan fingerprint density at radius 2 is 1.68 bits per heavy atom. The van der Waals surface area contributed by atoms with E-state index in [4.69, 9.17) is 17.0 Å². The summed E-state index contributed by atoms with van der Waals surface area (Å²) in [5.41, 5.74) is 3.28. The quantitative estimate of drug-likeness (QED) is 0.211. The maximum atomic E-state index is 13.1. The Kier molecular flexibility index (Phi) is 6.18. The molecule has 1 amide bonds. The molecule has 34 heavy (non-hydrogen) atoms. The first-order valence-electron chi connectivity index (χ1n) is 10.8. The summed E-state index contributed by atoms with van der Waals surface area (Å²) >= 11 is 9.16. The van der Waals surface area contributed by atoms with Crippen LogP contribution in [-0.2, 0) is 11.4 Å². The average Bonchev–Trinajstić information content (AvgIpc) is 3.07. The zero-order valence-electron chi connectivity index (χ0n) is 18.4. The standard InChI is InChI=1S/C28H21BrN2O2S/c1-30-25(27(32)31(28(30)34)22-11-3-2-4-12-22)17-19-14-15-26(24(29)16-19)33-18-21-10-7-9-20-8-5-6-13-23(20)21/h2-17H,18H2,1H3/b25-17-. The van der Waals surface area contributed by atoms with E-state index in [2.05, 4.69) is 40.2 Å². The third kappa shape index (κ3) is 4.22. The van der Waals surface area contributed by atoms with Gasteiger partial charge in [0.05, 0.1) is 10.2 Å². The second-order valence-electron chi connectivity index (χ2n) is 7.96. The molecule has 1 saturated heterocycles. The molecule has 1 fully saturated rings. The number of thiocarbonyl (C=S) groups is 1. The van der Waals surface area contributed by atoms with Crippen LogP contribution < -0.4 is 9.64 Å². The number of benzene rings is 4. The Morgan fingerprint density at radius 1 is 0.941 bits per heavy atom. The molecule has 4 aromatic rings. The van der Waals surface area contributed by atoms with Gasteiger partial charge in [0.2, 0.25) is 0 Å². The van der Waals surface area contributed by atoms with E-state index >= 15 is 0 Å². The van der Waals surface area contributed by atoms with E-state index in [0.717, 1.165) is 27.0 Å². The molecular weight excluding hydrogens is 508 g/mol. The predicted molar refractivity (Wildman–Crippen MR) is 145 cm³/mol. The zero-order valence-corrected chi connectivity index (χ0v) is 20.8. The molecule has 0 atom stereocenters. The molecule has 0 radical (unpaired) electrons. The highest BCUT2D eigenvalue weighted by atomic mass is 79.9. The van der Waals surface area contributed by atoms with Crippen molar-refractivity contribution in [2.24, 2.45) is 0 Å². The molecule has 1 heterocycles. The maximum absolute atomic E-state index is 13.1. The highest BCUT2D eigenvalue weighted by Gasteiger charge is 2.36. The summed E-state index contributed by atoms with van der Waals surface area (Å²) in [6.45, 7) is 0.460. The van der Waals surface area contributed by atoms with Gasteiger partial charge < -0.3 is 9.64 Å². The van der Waals surface area contributed by atoms with Crippen molar-refractivity contribution >= 4 is 61.7 Å². The van der Waals surface area contributed by atoms with Crippen LogP contribution >= 0.6 is 28.1 Å². The van der Waals surface area contributed by atoms with Crippen molar-refractivity contribution in [2.75, 3.05) is 11.9 Å². The number of nitrogens with zero attached hydrogens (tertiary/aromatic N) is 2. The molecule has 1 aliphatic rings. The number of fused-ring (bicyclic) bond motifs is 1. The fourth-order valence-corrected chi connectivity index (χ4v) is 4.81. The van der Waals surface area contributed by atoms with Crippen LogP contribution in [0.15, 0.2) is 101 Å². The average molecular weight is 529 g/mol. The zero-order chi connectivity index (χ0) is 23.7. The van der Waals surface area contributed by atoms with Crippen LogP contribution in [-0.4, -0.2) is 23.0 Å². The van der Waals surface area contributed by atoms with Gasteiger partial charge in [-0.2, -0.15) is 0 Å². The monoisotopic (exact) mass is 528 g/mol. The molecule has 0 bridgehead atoms. The van der Waals surface area contributed by atoms with Crippen molar-refractivity contribution < 1.29 is 9.53 Å². The number of hydrogen-bond acceptors (Lipinski definition) is 3. The van der Waals surface area contributed by atoms with E-state index in [1.807, 2.05) is 79.9 Å². The Labute approximate surface area is 212 Å². The van der Waals surface area contributed by atoms with Crippen molar-refractivity contribution in [3.63, 3.8) is 0 Å². The Hall–Kier alpha value is -3.48. The van der Waals surface area contributed by atoms with Gasteiger partial charge in [0.1, 0.15) is 18.1 Å². The van der Waals surface area contributed by atoms with Crippen molar-refractivity contribution in [2.45, 2.75) is 6.61 Å². The minimum atomic E-state index is -0.147. The fraction of sp³-hybridized carbons (Fsp3) is 0.0714. The maximum Gasteiger partial charge on any atom is 0.281 e. The number of carbonyl (C=O) groups excluding carboxylic acids is 1. The molecule has 4 aromatic carbocycles. The number of carbonyl (C=O) groups is 1. The molecule has 0 N–H and O–H groups in total. The van der Waals surface area contributed by atoms with Gasteiger partial charge in [0.25, 0.3) is 5.91 Å². The molecule has 0 saturated carbocycles. The van der Waals surface area contributed by atoms with E-state index in [-0.39, 0.29) is 5.91 Å². The minimum Gasteiger partial charge on any atom is -0.488 e. The lowest BCUT2D eigenvalue weighted by Crippen LogP contribution is -2.30. The van der Waals surface area contributed by atoms with Crippen molar-refractivity contribution in [3.05, 3.63) is 112 Å². The first-order valence-corrected chi connectivity index (χ1v) is 12.0. The lowest BCUT2D eigenvalue weighted by molar-refractivity contribution is -0.114. The summed E-state index contributed by atoms with van der Waals surface area (Å²) < 4.78 is 6.93. The van der Waals surface area contributed by atoms with Crippen LogP contribution in [0.2, 0.25) is 0 Å². The van der Waals surface area contributed by atoms with Crippen LogP contribution in [0.4, 0.5) is 5.69 Å². The van der Waals surface area contributed by atoms with E-state index in [1.54, 1.807) is 9.80 Å². The predicted octanol–water partition coefficient (Wildman–Crippen LogP) is 6.79. The Bertz CT molecular complexity index is 1430. The molecule has 1 aliphatic heterocycles. The number of ether oxygens (including phenoxy) is 1. The highest BCUT2D eigenvalue weighted by Crippen LogP contribution is 2.31. The summed E-state index contributed by atoms with van der Waals surface area (Å²) in [4.78, 5) is 16.4.